The largest absolute Gasteiger partial charge is 0.508 e. The fraction of sp³-hybridized carbons (Fsp3) is 0.167. The van der Waals surface area contributed by atoms with Crippen LogP contribution in [-0.4, -0.2) is 10.1 Å². The molecule has 0 bridgehead atoms. The van der Waals surface area contributed by atoms with Crippen molar-refractivity contribution < 1.29 is 13.9 Å². The van der Waals surface area contributed by atoms with Crippen LogP contribution in [0.15, 0.2) is 47.8 Å². The van der Waals surface area contributed by atoms with E-state index in [0.717, 1.165) is 17.3 Å². The molecule has 0 saturated heterocycles. The minimum atomic E-state index is -0.877. The van der Waals surface area contributed by atoms with Crippen molar-refractivity contribution in [1.82, 2.24) is 4.98 Å². The zero-order valence-corrected chi connectivity index (χ0v) is 13.8. The summed E-state index contributed by atoms with van der Waals surface area (Å²) in [5.74, 6) is -1.59. The molecule has 0 amide bonds. The molecule has 0 aliphatic carbocycles. The Kier molecular flexibility index (Phi) is 4.24. The van der Waals surface area contributed by atoms with Crippen molar-refractivity contribution in [2.45, 2.75) is 18.8 Å². The number of thiazole rings is 1. The number of nitrogens with two attached hydrogens (primary N) is 1. The Balaban J connectivity index is 2.07. The molecule has 3 aromatic rings. The van der Waals surface area contributed by atoms with Gasteiger partial charge >= 0.3 is 0 Å². The second-order valence-corrected chi connectivity index (χ2v) is 6.76. The number of hydrogen-bond donors (Lipinski definition) is 2. The van der Waals surface area contributed by atoms with Crippen LogP contribution >= 0.6 is 11.3 Å². The highest BCUT2D eigenvalue weighted by atomic mass is 32.1. The van der Waals surface area contributed by atoms with Crippen molar-refractivity contribution in [2.24, 2.45) is 0 Å². The lowest BCUT2D eigenvalue weighted by Gasteiger charge is -2.29. The number of nitrogen functional groups attached to an aromatic ring is 1. The number of rotatable bonds is 4. The highest BCUT2D eigenvalue weighted by Crippen LogP contribution is 2.37. The molecular weight excluding hydrogens is 330 g/mol. The van der Waals surface area contributed by atoms with Gasteiger partial charge in [0.05, 0.1) is 5.69 Å². The number of phenolic OH excluding ortho intramolecular Hbond substituents is 1. The van der Waals surface area contributed by atoms with E-state index in [9.17, 15) is 13.9 Å². The maximum Gasteiger partial charge on any atom is 0.180 e. The number of aromatic hydroxyl groups is 1. The predicted octanol–water partition coefficient (Wildman–Crippen LogP) is 4.26. The lowest BCUT2D eigenvalue weighted by Crippen LogP contribution is -2.27. The van der Waals surface area contributed by atoms with Crippen molar-refractivity contribution in [2.75, 3.05) is 5.73 Å². The van der Waals surface area contributed by atoms with Crippen LogP contribution in [0.3, 0.4) is 0 Å². The average Bonchev–Trinajstić information content (AvgIpc) is 2.99. The lowest BCUT2D eigenvalue weighted by molar-refractivity contribution is 0.473. The Morgan fingerprint density at radius 3 is 2.42 bits per heavy atom. The van der Waals surface area contributed by atoms with Gasteiger partial charge in [0.15, 0.2) is 16.8 Å². The number of phenols is 1. The van der Waals surface area contributed by atoms with Crippen molar-refractivity contribution in [3.8, 4) is 5.75 Å². The fourth-order valence-electron chi connectivity index (χ4n) is 2.77. The first kappa shape index (κ1) is 16.4. The molecule has 3 N–H and O–H groups in total. The molecule has 1 atom stereocenters. The van der Waals surface area contributed by atoms with Gasteiger partial charge in [0.2, 0.25) is 0 Å². The zero-order chi connectivity index (χ0) is 17.3. The molecule has 0 fully saturated rings. The number of halogens is 2. The fourth-order valence-corrected chi connectivity index (χ4v) is 3.46. The molecule has 3 nitrogen and oxygen atoms in total. The highest BCUT2D eigenvalue weighted by Gasteiger charge is 2.32. The lowest BCUT2D eigenvalue weighted by atomic mass is 9.75. The first-order valence-corrected chi connectivity index (χ1v) is 8.21. The quantitative estimate of drug-likeness (QED) is 0.742. The standard InChI is InChI=1S/C18H16F2N2OS/c1-18(16-10-24-17(21)22-16,12-3-5-13(23)6-4-12)9-11-2-7-14(19)15(20)8-11/h2-8,10,23H,9H2,1H3,(H2,21,22). The van der Waals surface area contributed by atoms with E-state index in [1.807, 2.05) is 12.3 Å². The van der Waals surface area contributed by atoms with Crippen LogP contribution in [0.2, 0.25) is 0 Å². The minimum Gasteiger partial charge on any atom is -0.508 e. The summed E-state index contributed by atoms with van der Waals surface area (Å²) in [6.07, 6.45) is 0.415. The second kappa shape index (κ2) is 6.20. The zero-order valence-electron chi connectivity index (χ0n) is 13.0. The van der Waals surface area contributed by atoms with E-state index in [1.165, 1.54) is 17.4 Å². The molecule has 1 heterocycles. The summed E-state index contributed by atoms with van der Waals surface area (Å²) in [5, 5.41) is 11.8. The van der Waals surface area contributed by atoms with E-state index in [0.29, 0.717) is 17.1 Å². The van der Waals surface area contributed by atoms with Crippen molar-refractivity contribution >= 4 is 16.5 Å². The van der Waals surface area contributed by atoms with Gasteiger partial charge in [-0.1, -0.05) is 18.2 Å². The molecular formula is C18H16F2N2OS. The molecule has 1 unspecified atom stereocenters. The molecule has 24 heavy (non-hydrogen) atoms. The van der Waals surface area contributed by atoms with Crippen molar-refractivity contribution in [1.29, 1.82) is 0 Å². The summed E-state index contributed by atoms with van der Waals surface area (Å²) in [4.78, 5) is 4.38. The van der Waals surface area contributed by atoms with Gasteiger partial charge in [-0.2, -0.15) is 0 Å². The summed E-state index contributed by atoms with van der Waals surface area (Å²) >= 11 is 1.33. The molecule has 1 aromatic heterocycles. The topological polar surface area (TPSA) is 59.1 Å². The Hall–Kier alpha value is -2.47. The normalized spacial score (nSPS) is 13.6. The number of anilines is 1. The van der Waals surface area contributed by atoms with Gasteiger partial charge in [-0.15, -0.1) is 11.3 Å². The van der Waals surface area contributed by atoms with Crippen LogP contribution in [0.25, 0.3) is 0 Å². The molecule has 0 aliphatic rings. The van der Waals surface area contributed by atoms with Gasteiger partial charge < -0.3 is 10.8 Å². The molecule has 0 spiro atoms. The Bertz CT molecular complexity index is 864. The van der Waals surface area contributed by atoms with Gasteiger partial charge in [0.25, 0.3) is 0 Å². The van der Waals surface area contributed by atoms with Gasteiger partial charge in [0.1, 0.15) is 5.75 Å². The van der Waals surface area contributed by atoms with E-state index in [-0.39, 0.29) is 5.75 Å². The molecule has 3 rings (SSSR count). The average molecular weight is 346 g/mol. The van der Waals surface area contributed by atoms with E-state index in [2.05, 4.69) is 4.98 Å². The number of hydrogen-bond acceptors (Lipinski definition) is 4. The van der Waals surface area contributed by atoms with E-state index in [4.69, 9.17) is 5.73 Å². The summed E-state index contributed by atoms with van der Waals surface area (Å²) in [5.41, 5.74) is 7.48. The highest BCUT2D eigenvalue weighted by molar-refractivity contribution is 7.13. The second-order valence-electron chi connectivity index (χ2n) is 5.88. The Morgan fingerprint density at radius 2 is 1.83 bits per heavy atom. The van der Waals surface area contributed by atoms with Gasteiger partial charge in [-0.05, 0) is 48.7 Å². The number of nitrogens with zero attached hydrogens (tertiary/aromatic N) is 1. The summed E-state index contributed by atoms with van der Waals surface area (Å²) in [7, 11) is 0. The maximum absolute atomic E-state index is 13.6. The summed E-state index contributed by atoms with van der Waals surface area (Å²) < 4.78 is 26.8. The summed E-state index contributed by atoms with van der Waals surface area (Å²) in [6, 6.07) is 10.7. The molecule has 6 heteroatoms. The first-order valence-electron chi connectivity index (χ1n) is 7.33. The Labute approximate surface area is 142 Å². The molecule has 0 aliphatic heterocycles. The predicted molar refractivity (Wildman–Crippen MR) is 91.1 cm³/mol. The number of aromatic nitrogens is 1. The van der Waals surface area contributed by atoms with E-state index < -0.39 is 17.0 Å². The molecule has 0 radical (unpaired) electrons. The van der Waals surface area contributed by atoms with Crippen LogP contribution in [0.4, 0.5) is 13.9 Å². The third kappa shape index (κ3) is 3.10. The first-order chi connectivity index (χ1) is 11.4. The monoisotopic (exact) mass is 346 g/mol. The van der Waals surface area contributed by atoms with Crippen LogP contribution in [0, 0.1) is 11.6 Å². The number of benzene rings is 2. The van der Waals surface area contributed by atoms with Crippen LogP contribution < -0.4 is 5.73 Å². The minimum absolute atomic E-state index is 0.159. The van der Waals surface area contributed by atoms with Gasteiger partial charge in [0, 0.05) is 10.8 Å². The summed E-state index contributed by atoms with van der Waals surface area (Å²) in [6.45, 7) is 1.97. The van der Waals surface area contributed by atoms with Crippen LogP contribution in [0.5, 0.6) is 5.75 Å². The van der Waals surface area contributed by atoms with Crippen LogP contribution in [0.1, 0.15) is 23.7 Å². The van der Waals surface area contributed by atoms with Crippen molar-refractivity contribution in [3.05, 3.63) is 76.3 Å². The van der Waals surface area contributed by atoms with Crippen LogP contribution in [-0.2, 0) is 11.8 Å². The van der Waals surface area contributed by atoms with E-state index in [1.54, 1.807) is 30.3 Å². The molecule has 0 saturated carbocycles. The van der Waals surface area contributed by atoms with Gasteiger partial charge in [-0.25, -0.2) is 13.8 Å². The van der Waals surface area contributed by atoms with Gasteiger partial charge in [-0.3, -0.25) is 0 Å². The SMILES string of the molecule is CC(Cc1ccc(F)c(F)c1)(c1ccc(O)cc1)c1csc(N)n1. The van der Waals surface area contributed by atoms with Crippen molar-refractivity contribution in [3.63, 3.8) is 0 Å². The third-order valence-electron chi connectivity index (χ3n) is 4.13. The Morgan fingerprint density at radius 1 is 1.12 bits per heavy atom. The molecule has 2 aromatic carbocycles. The smallest absolute Gasteiger partial charge is 0.180 e. The maximum atomic E-state index is 13.6. The van der Waals surface area contributed by atoms with E-state index >= 15 is 0 Å². The third-order valence-corrected chi connectivity index (χ3v) is 4.81. The molecule has 124 valence electrons.